The average Bonchev–Trinajstić information content (AvgIpc) is 2.88. The van der Waals surface area contributed by atoms with Gasteiger partial charge in [0.2, 0.25) is 0 Å². The Balaban J connectivity index is 1.96. The summed E-state index contributed by atoms with van der Waals surface area (Å²) in [5, 5.41) is 19.0. The first-order chi connectivity index (χ1) is 10.9. The summed E-state index contributed by atoms with van der Waals surface area (Å²) >= 11 is 3.00. The van der Waals surface area contributed by atoms with Gasteiger partial charge in [-0.25, -0.2) is 13.4 Å². The normalized spacial score (nSPS) is 11.7. The molecule has 3 N–H and O–H groups in total. The summed E-state index contributed by atoms with van der Waals surface area (Å²) in [4.78, 5) is 4.09. The van der Waals surface area contributed by atoms with Gasteiger partial charge >= 0.3 is 0 Å². The van der Waals surface area contributed by atoms with E-state index in [0.29, 0.717) is 5.69 Å². The summed E-state index contributed by atoms with van der Waals surface area (Å²) in [6.45, 7) is 0. The number of hydrogen-bond acceptors (Lipinski definition) is 7. The molecule has 0 radical (unpaired) electrons. The lowest BCUT2D eigenvalue weighted by Crippen LogP contribution is -2.12. The van der Waals surface area contributed by atoms with Crippen molar-refractivity contribution in [2.24, 2.45) is 0 Å². The molecule has 0 unspecified atom stereocenters. The van der Waals surface area contributed by atoms with E-state index < -0.39 is 15.8 Å². The van der Waals surface area contributed by atoms with Crippen LogP contribution in [-0.2, 0) is 10.0 Å². The number of thiazole rings is 1. The zero-order chi connectivity index (χ0) is 16.6. The SMILES string of the molecule is CSc1nc2ccc(NS(=O)(=O)c3ccc(O)cc3O)cc2s1. The Bertz CT molecular complexity index is 983. The van der Waals surface area contributed by atoms with E-state index in [0.717, 1.165) is 26.7 Å². The highest BCUT2D eigenvalue weighted by Gasteiger charge is 2.19. The number of phenols is 2. The molecule has 0 bridgehead atoms. The van der Waals surface area contributed by atoms with Crippen molar-refractivity contribution < 1.29 is 18.6 Å². The fraction of sp³-hybridized carbons (Fsp3) is 0.0714. The Labute approximate surface area is 140 Å². The second kappa shape index (κ2) is 5.91. The maximum Gasteiger partial charge on any atom is 0.265 e. The van der Waals surface area contributed by atoms with Crippen molar-refractivity contribution in [2.75, 3.05) is 11.0 Å². The molecule has 3 aromatic rings. The van der Waals surface area contributed by atoms with Gasteiger partial charge < -0.3 is 10.2 Å². The van der Waals surface area contributed by atoms with E-state index in [1.54, 1.807) is 18.2 Å². The number of thioether (sulfide) groups is 1. The van der Waals surface area contributed by atoms with Gasteiger partial charge in [-0.05, 0) is 36.6 Å². The number of phenolic OH excluding ortho intramolecular Hbond substituents is 2. The molecule has 1 heterocycles. The predicted molar refractivity (Wildman–Crippen MR) is 92.0 cm³/mol. The number of aromatic nitrogens is 1. The zero-order valence-corrected chi connectivity index (χ0v) is 14.3. The number of rotatable bonds is 4. The Morgan fingerprint density at radius 2 is 1.96 bits per heavy atom. The molecule has 0 saturated carbocycles. The van der Waals surface area contributed by atoms with Crippen LogP contribution in [0.15, 0.2) is 45.6 Å². The van der Waals surface area contributed by atoms with Gasteiger partial charge in [0, 0.05) is 6.07 Å². The van der Waals surface area contributed by atoms with Crippen LogP contribution >= 0.6 is 23.1 Å². The first-order valence-corrected chi connectivity index (χ1v) is 9.91. The molecule has 0 aliphatic carbocycles. The smallest absolute Gasteiger partial charge is 0.265 e. The number of anilines is 1. The maximum atomic E-state index is 12.4. The maximum absolute atomic E-state index is 12.4. The number of aromatic hydroxyl groups is 2. The van der Waals surface area contributed by atoms with Crippen LogP contribution in [-0.4, -0.2) is 29.9 Å². The first-order valence-electron chi connectivity index (χ1n) is 6.38. The van der Waals surface area contributed by atoms with Gasteiger partial charge in [0.1, 0.15) is 16.4 Å². The Kier molecular flexibility index (Phi) is 4.09. The molecule has 0 aliphatic rings. The second-order valence-electron chi connectivity index (χ2n) is 4.62. The van der Waals surface area contributed by atoms with E-state index in [4.69, 9.17) is 0 Å². The fourth-order valence-corrected chi connectivity index (χ4v) is 4.65. The van der Waals surface area contributed by atoms with Crippen LogP contribution in [0.1, 0.15) is 0 Å². The van der Waals surface area contributed by atoms with Crippen LogP contribution in [0.4, 0.5) is 5.69 Å². The molecule has 1 aromatic heterocycles. The molecule has 0 saturated heterocycles. The summed E-state index contributed by atoms with van der Waals surface area (Å²) in [5.41, 5.74) is 1.18. The van der Waals surface area contributed by atoms with Gasteiger partial charge in [0.05, 0.1) is 15.9 Å². The molecule has 0 fully saturated rings. The quantitative estimate of drug-likeness (QED) is 0.612. The van der Waals surface area contributed by atoms with E-state index in [9.17, 15) is 18.6 Å². The van der Waals surface area contributed by atoms with Crippen molar-refractivity contribution in [1.29, 1.82) is 0 Å². The molecular weight excluding hydrogens is 356 g/mol. The average molecular weight is 368 g/mol. The second-order valence-corrected chi connectivity index (χ2v) is 8.36. The van der Waals surface area contributed by atoms with E-state index in [-0.39, 0.29) is 10.6 Å². The van der Waals surface area contributed by atoms with Gasteiger partial charge in [0.15, 0.2) is 4.34 Å². The van der Waals surface area contributed by atoms with Gasteiger partial charge in [-0.2, -0.15) is 0 Å². The molecule has 23 heavy (non-hydrogen) atoms. The molecule has 6 nitrogen and oxygen atoms in total. The Morgan fingerprint density at radius 3 is 2.65 bits per heavy atom. The van der Waals surface area contributed by atoms with Crippen molar-refractivity contribution in [3.05, 3.63) is 36.4 Å². The van der Waals surface area contributed by atoms with Gasteiger partial charge in [-0.1, -0.05) is 11.8 Å². The molecular formula is C14H12N2O4S3. The third-order valence-electron chi connectivity index (χ3n) is 3.03. The molecule has 0 spiro atoms. The largest absolute Gasteiger partial charge is 0.508 e. The van der Waals surface area contributed by atoms with E-state index in [2.05, 4.69) is 9.71 Å². The van der Waals surface area contributed by atoms with Crippen molar-refractivity contribution >= 4 is 49.0 Å². The minimum atomic E-state index is -3.96. The molecule has 0 atom stereocenters. The summed E-state index contributed by atoms with van der Waals surface area (Å²) in [6.07, 6.45) is 1.93. The number of sulfonamides is 1. The summed E-state index contributed by atoms with van der Waals surface area (Å²) < 4.78 is 28.9. The van der Waals surface area contributed by atoms with Crippen molar-refractivity contribution in [1.82, 2.24) is 4.98 Å². The minimum Gasteiger partial charge on any atom is -0.508 e. The topological polar surface area (TPSA) is 99.5 Å². The number of nitrogens with zero attached hydrogens (tertiary/aromatic N) is 1. The van der Waals surface area contributed by atoms with Gasteiger partial charge in [-0.3, -0.25) is 4.72 Å². The van der Waals surface area contributed by atoms with E-state index in [1.807, 2.05) is 6.26 Å². The molecule has 120 valence electrons. The molecule has 0 aliphatic heterocycles. The summed E-state index contributed by atoms with van der Waals surface area (Å²) in [7, 11) is -3.96. The van der Waals surface area contributed by atoms with Crippen LogP contribution < -0.4 is 4.72 Å². The van der Waals surface area contributed by atoms with Crippen molar-refractivity contribution in [2.45, 2.75) is 9.24 Å². The Hall–Kier alpha value is -1.97. The lowest BCUT2D eigenvalue weighted by molar-refractivity contribution is 0.440. The predicted octanol–water partition coefficient (Wildman–Crippen LogP) is 3.23. The standard InChI is InChI=1S/C14H12N2O4S3/c1-21-14-15-10-4-2-8(6-12(10)22-14)16-23(19,20)13-5-3-9(17)7-11(13)18/h2-7,16-18H,1H3. The highest BCUT2D eigenvalue weighted by molar-refractivity contribution is 8.00. The first kappa shape index (κ1) is 15.9. The van der Waals surface area contributed by atoms with Crippen LogP contribution in [0.25, 0.3) is 10.2 Å². The highest BCUT2D eigenvalue weighted by atomic mass is 32.2. The monoisotopic (exact) mass is 368 g/mol. The van der Waals surface area contributed by atoms with Crippen molar-refractivity contribution in [3.8, 4) is 11.5 Å². The number of nitrogens with one attached hydrogen (secondary N) is 1. The summed E-state index contributed by atoms with van der Waals surface area (Å²) in [6, 6.07) is 8.37. The number of fused-ring (bicyclic) bond motifs is 1. The molecule has 9 heteroatoms. The van der Waals surface area contributed by atoms with Gasteiger partial charge in [-0.15, -0.1) is 11.3 Å². The number of hydrogen-bond donors (Lipinski definition) is 3. The number of benzene rings is 2. The van der Waals surface area contributed by atoms with E-state index in [1.165, 1.54) is 29.2 Å². The molecule has 3 rings (SSSR count). The van der Waals surface area contributed by atoms with Crippen LogP contribution in [0.2, 0.25) is 0 Å². The van der Waals surface area contributed by atoms with Crippen LogP contribution in [0.5, 0.6) is 11.5 Å². The van der Waals surface area contributed by atoms with Crippen LogP contribution in [0.3, 0.4) is 0 Å². The fourth-order valence-electron chi connectivity index (χ4n) is 2.00. The third kappa shape index (κ3) is 3.21. The van der Waals surface area contributed by atoms with E-state index >= 15 is 0 Å². The zero-order valence-electron chi connectivity index (χ0n) is 11.8. The Morgan fingerprint density at radius 1 is 1.17 bits per heavy atom. The highest BCUT2D eigenvalue weighted by Crippen LogP contribution is 2.32. The lowest BCUT2D eigenvalue weighted by Gasteiger charge is -2.09. The van der Waals surface area contributed by atoms with Gasteiger partial charge in [0.25, 0.3) is 10.0 Å². The summed E-state index contributed by atoms with van der Waals surface area (Å²) in [5.74, 6) is -0.724. The molecule has 0 amide bonds. The minimum absolute atomic E-state index is 0.211. The third-order valence-corrected chi connectivity index (χ3v) is 6.46. The van der Waals surface area contributed by atoms with Crippen LogP contribution in [0, 0.1) is 0 Å². The van der Waals surface area contributed by atoms with Crippen molar-refractivity contribution in [3.63, 3.8) is 0 Å². The lowest BCUT2D eigenvalue weighted by atomic mass is 10.3. The molecule has 2 aromatic carbocycles.